The van der Waals surface area contributed by atoms with E-state index in [1.807, 2.05) is 36.6 Å². The lowest BCUT2D eigenvalue weighted by Gasteiger charge is -2.11. The van der Waals surface area contributed by atoms with Gasteiger partial charge in [0.15, 0.2) is 0 Å². The van der Waals surface area contributed by atoms with Crippen molar-refractivity contribution in [2.75, 3.05) is 0 Å². The number of hydrogen-bond acceptors (Lipinski definition) is 2. The highest BCUT2D eigenvalue weighted by Gasteiger charge is 2.13. The molecule has 0 fully saturated rings. The van der Waals surface area contributed by atoms with Crippen molar-refractivity contribution in [3.8, 4) is 6.07 Å². The number of nitrogens with one attached hydrogen (secondary N) is 1. The first-order chi connectivity index (χ1) is 9.56. The highest BCUT2D eigenvalue weighted by Crippen LogP contribution is 2.24. The van der Waals surface area contributed by atoms with Crippen molar-refractivity contribution in [2.24, 2.45) is 0 Å². The molecule has 20 heavy (non-hydrogen) atoms. The Bertz CT molecular complexity index is 677. The quantitative estimate of drug-likeness (QED) is 0.927. The highest BCUT2D eigenvalue weighted by molar-refractivity contribution is 5.90. The predicted molar refractivity (Wildman–Crippen MR) is 79.3 cm³/mol. The molecule has 0 aliphatic carbocycles. The molecule has 1 aromatic carbocycles. The number of carbonyl (C=O) groups is 1. The van der Waals surface area contributed by atoms with Gasteiger partial charge in [-0.1, -0.05) is 25.1 Å². The van der Waals surface area contributed by atoms with Gasteiger partial charge in [-0.15, -0.1) is 0 Å². The Morgan fingerprint density at radius 2 is 2.20 bits per heavy atom. The molecule has 1 aromatic heterocycles. The molecule has 0 saturated carbocycles. The van der Waals surface area contributed by atoms with E-state index in [0.29, 0.717) is 5.56 Å². The van der Waals surface area contributed by atoms with Crippen LogP contribution in [0.15, 0.2) is 24.4 Å². The number of aryl methyl sites for hydroxylation is 1. The van der Waals surface area contributed by atoms with Crippen molar-refractivity contribution in [3.63, 3.8) is 0 Å². The SMILES string of the molecule is CCc1cccc2c(C#N)cn(CC(=O)NC(C)C)c12. The maximum absolute atomic E-state index is 11.9. The van der Waals surface area contributed by atoms with Crippen LogP contribution in [-0.2, 0) is 17.8 Å². The summed E-state index contributed by atoms with van der Waals surface area (Å²) in [7, 11) is 0. The lowest BCUT2D eigenvalue weighted by atomic mass is 10.1. The van der Waals surface area contributed by atoms with E-state index in [4.69, 9.17) is 0 Å². The summed E-state index contributed by atoms with van der Waals surface area (Å²) in [5.41, 5.74) is 2.76. The van der Waals surface area contributed by atoms with E-state index < -0.39 is 0 Å². The number of fused-ring (bicyclic) bond motifs is 1. The van der Waals surface area contributed by atoms with Crippen molar-refractivity contribution < 1.29 is 4.79 Å². The first kappa shape index (κ1) is 14.1. The molecule has 1 N–H and O–H groups in total. The number of nitrogens with zero attached hydrogens (tertiary/aromatic N) is 2. The highest BCUT2D eigenvalue weighted by atomic mass is 16.2. The molecule has 0 radical (unpaired) electrons. The summed E-state index contributed by atoms with van der Waals surface area (Å²) < 4.78 is 1.88. The number of rotatable bonds is 4. The van der Waals surface area contributed by atoms with Gasteiger partial charge in [0.25, 0.3) is 0 Å². The molecule has 1 amide bonds. The number of aromatic nitrogens is 1. The first-order valence-corrected chi connectivity index (χ1v) is 6.87. The summed E-state index contributed by atoms with van der Waals surface area (Å²) in [6.07, 6.45) is 2.64. The molecule has 4 nitrogen and oxygen atoms in total. The lowest BCUT2D eigenvalue weighted by molar-refractivity contribution is -0.122. The van der Waals surface area contributed by atoms with Gasteiger partial charge in [0.05, 0.1) is 11.1 Å². The minimum absolute atomic E-state index is 0.0349. The van der Waals surface area contributed by atoms with Crippen molar-refractivity contribution in [2.45, 2.75) is 39.8 Å². The molecule has 0 atom stereocenters. The lowest BCUT2D eigenvalue weighted by Crippen LogP contribution is -2.33. The third-order valence-corrected chi connectivity index (χ3v) is 3.25. The Balaban J connectivity index is 2.48. The number of carbonyl (C=O) groups excluding carboxylic acids is 1. The number of benzene rings is 1. The van der Waals surface area contributed by atoms with Crippen LogP contribution in [-0.4, -0.2) is 16.5 Å². The Kier molecular flexibility index (Phi) is 4.09. The molecule has 0 saturated heterocycles. The van der Waals surface area contributed by atoms with E-state index in [9.17, 15) is 10.1 Å². The molecular formula is C16H19N3O. The van der Waals surface area contributed by atoms with Crippen LogP contribution in [0.2, 0.25) is 0 Å². The Morgan fingerprint density at radius 3 is 2.80 bits per heavy atom. The summed E-state index contributed by atoms with van der Waals surface area (Å²) in [6.45, 7) is 6.19. The van der Waals surface area contributed by atoms with Gasteiger partial charge in [-0.25, -0.2) is 0 Å². The van der Waals surface area contributed by atoms with Gasteiger partial charge in [0.2, 0.25) is 5.91 Å². The number of hydrogen-bond donors (Lipinski definition) is 1. The zero-order valence-electron chi connectivity index (χ0n) is 12.1. The average molecular weight is 269 g/mol. The van der Waals surface area contributed by atoms with E-state index in [1.165, 1.54) is 0 Å². The van der Waals surface area contributed by atoms with E-state index in [-0.39, 0.29) is 18.5 Å². The molecule has 0 bridgehead atoms. The second kappa shape index (κ2) is 5.79. The predicted octanol–water partition coefficient (Wildman–Crippen LogP) is 2.60. The molecule has 2 aromatic rings. The molecule has 0 spiro atoms. The normalized spacial score (nSPS) is 10.8. The zero-order chi connectivity index (χ0) is 14.7. The van der Waals surface area contributed by atoms with Crippen LogP contribution in [0.4, 0.5) is 0 Å². The minimum Gasteiger partial charge on any atom is -0.352 e. The van der Waals surface area contributed by atoms with Crippen LogP contribution < -0.4 is 5.32 Å². The first-order valence-electron chi connectivity index (χ1n) is 6.87. The third-order valence-electron chi connectivity index (χ3n) is 3.25. The molecule has 4 heteroatoms. The maximum atomic E-state index is 11.9. The van der Waals surface area contributed by atoms with Crippen molar-refractivity contribution >= 4 is 16.8 Å². The Morgan fingerprint density at radius 1 is 1.45 bits per heavy atom. The summed E-state index contributed by atoms with van der Waals surface area (Å²) >= 11 is 0. The van der Waals surface area contributed by atoms with Crippen LogP contribution in [0.3, 0.4) is 0 Å². The Hall–Kier alpha value is -2.28. The molecular weight excluding hydrogens is 250 g/mol. The number of amides is 1. The van der Waals surface area contributed by atoms with Crippen molar-refractivity contribution in [3.05, 3.63) is 35.5 Å². The summed E-state index contributed by atoms with van der Waals surface area (Å²) in [6, 6.07) is 8.25. The van der Waals surface area contributed by atoms with Gasteiger partial charge < -0.3 is 9.88 Å². The van der Waals surface area contributed by atoms with Crippen molar-refractivity contribution in [1.29, 1.82) is 5.26 Å². The zero-order valence-corrected chi connectivity index (χ0v) is 12.1. The molecule has 0 aliphatic heterocycles. The number of para-hydroxylation sites is 1. The summed E-state index contributed by atoms with van der Waals surface area (Å²) in [5.74, 6) is -0.0349. The van der Waals surface area contributed by atoms with Gasteiger partial charge in [0, 0.05) is 17.6 Å². The Labute approximate surface area is 119 Å². The summed E-state index contributed by atoms with van der Waals surface area (Å²) in [4.78, 5) is 11.9. The molecule has 0 unspecified atom stereocenters. The van der Waals surface area contributed by atoms with Gasteiger partial charge in [0.1, 0.15) is 12.6 Å². The maximum Gasteiger partial charge on any atom is 0.240 e. The smallest absolute Gasteiger partial charge is 0.240 e. The largest absolute Gasteiger partial charge is 0.352 e. The molecule has 2 rings (SSSR count). The van der Waals surface area contributed by atoms with Gasteiger partial charge >= 0.3 is 0 Å². The fourth-order valence-corrected chi connectivity index (χ4v) is 2.46. The second-order valence-corrected chi connectivity index (χ2v) is 5.17. The van der Waals surface area contributed by atoms with E-state index in [2.05, 4.69) is 18.3 Å². The third kappa shape index (κ3) is 2.67. The van der Waals surface area contributed by atoms with Crippen LogP contribution in [0.5, 0.6) is 0 Å². The number of nitriles is 1. The van der Waals surface area contributed by atoms with Crippen LogP contribution in [0.25, 0.3) is 10.9 Å². The second-order valence-electron chi connectivity index (χ2n) is 5.17. The standard InChI is InChI=1S/C16H19N3O/c1-4-12-6-5-7-14-13(8-17)9-19(16(12)14)10-15(20)18-11(2)3/h5-7,9,11H,4,10H2,1-3H3,(H,18,20). The average Bonchev–Trinajstić information content (AvgIpc) is 2.76. The fourth-order valence-electron chi connectivity index (χ4n) is 2.46. The van der Waals surface area contributed by atoms with Crippen molar-refractivity contribution in [1.82, 2.24) is 9.88 Å². The van der Waals surface area contributed by atoms with Crippen LogP contribution in [0, 0.1) is 11.3 Å². The topological polar surface area (TPSA) is 57.8 Å². The van der Waals surface area contributed by atoms with Gasteiger partial charge in [-0.3, -0.25) is 4.79 Å². The van der Waals surface area contributed by atoms with Crippen LogP contribution >= 0.6 is 0 Å². The molecule has 0 aliphatic rings. The minimum atomic E-state index is -0.0349. The molecule has 104 valence electrons. The van der Waals surface area contributed by atoms with E-state index in [0.717, 1.165) is 22.9 Å². The van der Waals surface area contributed by atoms with E-state index in [1.54, 1.807) is 6.20 Å². The fraction of sp³-hybridized carbons (Fsp3) is 0.375. The van der Waals surface area contributed by atoms with E-state index >= 15 is 0 Å². The van der Waals surface area contributed by atoms with Gasteiger partial charge in [-0.05, 0) is 25.8 Å². The molecule has 1 heterocycles. The monoisotopic (exact) mass is 269 g/mol. The van der Waals surface area contributed by atoms with Gasteiger partial charge in [-0.2, -0.15) is 5.26 Å². The van der Waals surface area contributed by atoms with Crippen LogP contribution in [0.1, 0.15) is 31.9 Å². The summed E-state index contributed by atoms with van der Waals surface area (Å²) in [5, 5.41) is 13.0.